The van der Waals surface area contributed by atoms with E-state index in [0.29, 0.717) is 0 Å². The highest BCUT2D eigenvalue weighted by Gasteiger charge is 2.31. The van der Waals surface area contributed by atoms with Crippen molar-refractivity contribution in [2.75, 3.05) is 0 Å². The standard InChI is InChI=1S/C20H34/c1-4-10-17(11-5-1)16-20(18-12-6-2-7-13-18)19-14-8-3-9-15-19/h10,18-20H,1-9,11-16H2. The zero-order valence-corrected chi connectivity index (χ0v) is 13.4. The second kappa shape index (κ2) is 7.66. The van der Waals surface area contributed by atoms with E-state index < -0.39 is 0 Å². The molecule has 3 aliphatic rings. The Morgan fingerprint density at radius 1 is 0.750 bits per heavy atom. The van der Waals surface area contributed by atoms with Crippen molar-refractivity contribution < 1.29 is 0 Å². The SMILES string of the molecule is C1=C(CC(C2CCCCC2)C2CCCCC2)CCCC1. The minimum atomic E-state index is 1.06. The molecule has 0 heterocycles. The predicted molar refractivity (Wildman–Crippen MR) is 87.8 cm³/mol. The predicted octanol–water partition coefficient (Wildman–Crippen LogP) is 6.65. The Labute approximate surface area is 126 Å². The minimum Gasteiger partial charge on any atom is -0.0853 e. The van der Waals surface area contributed by atoms with E-state index in [2.05, 4.69) is 6.08 Å². The van der Waals surface area contributed by atoms with Crippen LogP contribution in [0.4, 0.5) is 0 Å². The van der Waals surface area contributed by atoms with E-state index in [-0.39, 0.29) is 0 Å². The largest absolute Gasteiger partial charge is 0.0853 e. The van der Waals surface area contributed by atoms with Gasteiger partial charge in [0, 0.05) is 0 Å². The summed E-state index contributed by atoms with van der Waals surface area (Å²) < 4.78 is 0. The van der Waals surface area contributed by atoms with Gasteiger partial charge in [-0.05, 0) is 49.9 Å². The molecule has 0 aromatic heterocycles. The van der Waals surface area contributed by atoms with Crippen molar-refractivity contribution >= 4 is 0 Å². The van der Waals surface area contributed by atoms with Gasteiger partial charge in [-0.1, -0.05) is 75.9 Å². The van der Waals surface area contributed by atoms with Gasteiger partial charge in [-0.2, -0.15) is 0 Å². The molecule has 0 atom stereocenters. The molecule has 0 aromatic rings. The fraction of sp³-hybridized carbons (Fsp3) is 0.900. The van der Waals surface area contributed by atoms with Crippen LogP contribution in [0.1, 0.15) is 96.3 Å². The number of allylic oxidation sites excluding steroid dienone is 2. The monoisotopic (exact) mass is 274 g/mol. The lowest BCUT2D eigenvalue weighted by molar-refractivity contribution is 0.142. The highest BCUT2D eigenvalue weighted by atomic mass is 14.4. The highest BCUT2D eigenvalue weighted by Crippen LogP contribution is 2.43. The zero-order chi connectivity index (χ0) is 13.6. The summed E-state index contributed by atoms with van der Waals surface area (Å²) in [6.45, 7) is 0. The lowest BCUT2D eigenvalue weighted by Gasteiger charge is -2.39. The van der Waals surface area contributed by atoms with Crippen LogP contribution in [0.5, 0.6) is 0 Å². The van der Waals surface area contributed by atoms with Crippen LogP contribution in [0.15, 0.2) is 11.6 Å². The first kappa shape index (κ1) is 14.7. The molecule has 0 aliphatic heterocycles. The van der Waals surface area contributed by atoms with Crippen LogP contribution < -0.4 is 0 Å². The third-order valence-electron chi connectivity index (χ3n) is 6.39. The van der Waals surface area contributed by atoms with E-state index in [9.17, 15) is 0 Å². The van der Waals surface area contributed by atoms with Crippen LogP contribution in [-0.2, 0) is 0 Å². The second-order valence-corrected chi connectivity index (χ2v) is 7.77. The van der Waals surface area contributed by atoms with Crippen molar-refractivity contribution in [1.82, 2.24) is 0 Å². The molecule has 0 N–H and O–H groups in total. The lowest BCUT2D eigenvalue weighted by Crippen LogP contribution is -2.28. The fourth-order valence-corrected chi connectivity index (χ4v) is 5.24. The number of rotatable bonds is 4. The van der Waals surface area contributed by atoms with Crippen LogP contribution in [-0.4, -0.2) is 0 Å². The van der Waals surface area contributed by atoms with E-state index in [1.54, 1.807) is 25.7 Å². The van der Waals surface area contributed by atoms with Crippen LogP contribution in [0, 0.1) is 17.8 Å². The van der Waals surface area contributed by atoms with Crippen LogP contribution in [0.2, 0.25) is 0 Å². The van der Waals surface area contributed by atoms with Gasteiger partial charge in [0.2, 0.25) is 0 Å². The summed E-state index contributed by atoms with van der Waals surface area (Å²) in [5.41, 5.74) is 1.84. The molecule has 2 saturated carbocycles. The summed E-state index contributed by atoms with van der Waals surface area (Å²) in [6, 6.07) is 0. The van der Waals surface area contributed by atoms with Crippen molar-refractivity contribution in [2.24, 2.45) is 17.8 Å². The fourth-order valence-electron chi connectivity index (χ4n) is 5.24. The molecule has 0 unspecified atom stereocenters. The van der Waals surface area contributed by atoms with Crippen LogP contribution >= 0.6 is 0 Å². The van der Waals surface area contributed by atoms with Crippen molar-refractivity contribution in [3.05, 3.63) is 11.6 Å². The Balaban J connectivity index is 1.66. The van der Waals surface area contributed by atoms with Crippen molar-refractivity contribution in [2.45, 2.75) is 96.3 Å². The first-order chi connectivity index (χ1) is 9.93. The Kier molecular flexibility index (Phi) is 5.62. The number of hydrogen-bond donors (Lipinski definition) is 0. The summed E-state index contributed by atoms with van der Waals surface area (Å²) >= 11 is 0. The van der Waals surface area contributed by atoms with E-state index in [1.165, 1.54) is 70.6 Å². The molecule has 0 heteroatoms. The molecule has 0 radical (unpaired) electrons. The molecule has 2 fully saturated rings. The quantitative estimate of drug-likeness (QED) is 0.503. The maximum absolute atomic E-state index is 2.61. The van der Waals surface area contributed by atoms with Gasteiger partial charge in [-0.25, -0.2) is 0 Å². The van der Waals surface area contributed by atoms with Gasteiger partial charge in [0.1, 0.15) is 0 Å². The topological polar surface area (TPSA) is 0 Å². The molecule has 0 saturated heterocycles. The van der Waals surface area contributed by atoms with E-state index in [1.807, 2.05) is 5.57 Å². The second-order valence-electron chi connectivity index (χ2n) is 7.77. The smallest absolute Gasteiger partial charge is 0.0287 e. The maximum atomic E-state index is 2.61. The maximum Gasteiger partial charge on any atom is -0.0287 e. The Morgan fingerprint density at radius 2 is 1.35 bits per heavy atom. The average molecular weight is 274 g/mol. The Bertz CT molecular complexity index is 284. The van der Waals surface area contributed by atoms with Gasteiger partial charge in [-0.3, -0.25) is 0 Å². The molecular formula is C20H34. The van der Waals surface area contributed by atoms with Gasteiger partial charge < -0.3 is 0 Å². The van der Waals surface area contributed by atoms with Gasteiger partial charge in [-0.15, -0.1) is 0 Å². The van der Waals surface area contributed by atoms with E-state index in [0.717, 1.165) is 17.8 Å². The third-order valence-corrected chi connectivity index (χ3v) is 6.39. The summed E-state index contributed by atoms with van der Waals surface area (Å²) in [4.78, 5) is 0. The third kappa shape index (κ3) is 3.89. The molecule has 3 rings (SSSR count). The average Bonchev–Trinajstić information content (AvgIpc) is 2.55. The molecule has 0 spiro atoms. The van der Waals surface area contributed by atoms with Crippen LogP contribution in [0.25, 0.3) is 0 Å². The molecule has 3 aliphatic carbocycles. The normalized spacial score (nSPS) is 26.8. The molecule has 0 aromatic carbocycles. The van der Waals surface area contributed by atoms with Gasteiger partial charge in [0.15, 0.2) is 0 Å². The van der Waals surface area contributed by atoms with E-state index >= 15 is 0 Å². The van der Waals surface area contributed by atoms with Crippen LogP contribution in [0.3, 0.4) is 0 Å². The first-order valence-corrected chi connectivity index (χ1v) is 9.61. The molecular weight excluding hydrogens is 240 g/mol. The minimum absolute atomic E-state index is 1.06. The molecule has 20 heavy (non-hydrogen) atoms. The zero-order valence-electron chi connectivity index (χ0n) is 13.4. The molecule has 114 valence electrons. The summed E-state index contributed by atoms with van der Waals surface area (Å²) in [7, 11) is 0. The summed E-state index contributed by atoms with van der Waals surface area (Å²) in [5, 5.41) is 0. The summed E-state index contributed by atoms with van der Waals surface area (Å²) in [6.07, 6.45) is 25.1. The Morgan fingerprint density at radius 3 is 1.85 bits per heavy atom. The number of hydrogen-bond acceptors (Lipinski definition) is 0. The molecule has 0 bridgehead atoms. The van der Waals surface area contributed by atoms with Gasteiger partial charge in [0.05, 0.1) is 0 Å². The molecule has 0 nitrogen and oxygen atoms in total. The van der Waals surface area contributed by atoms with Crippen molar-refractivity contribution in [1.29, 1.82) is 0 Å². The van der Waals surface area contributed by atoms with E-state index in [4.69, 9.17) is 0 Å². The first-order valence-electron chi connectivity index (χ1n) is 9.61. The van der Waals surface area contributed by atoms with Crippen molar-refractivity contribution in [3.8, 4) is 0 Å². The van der Waals surface area contributed by atoms with Gasteiger partial charge in [0.25, 0.3) is 0 Å². The molecule has 0 amide bonds. The van der Waals surface area contributed by atoms with Gasteiger partial charge >= 0.3 is 0 Å². The summed E-state index contributed by atoms with van der Waals surface area (Å²) in [5.74, 6) is 3.21. The highest BCUT2D eigenvalue weighted by molar-refractivity contribution is 5.07. The lowest BCUT2D eigenvalue weighted by atomic mass is 9.67. The van der Waals surface area contributed by atoms with Crippen molar-refractivity contribution in [3.63, 3.8) is 0 Å². The Hall–Kier alpha value is -0.260.